The third kappa shape index (κ3) is 3.64. The number of amides is 2. The molecule has 2 aliphatic rings. The van der Waals surface area contributed by atoms with Crippen molar-refractivity contribution in [2.24, 2.45) is 5.92 Å². The van der Waals surface area contributed by atoms with Crippen molar-refractivity contribution in [2.45, 2.75) is 43.7 Å². The van der Waals surface area contributed by atoms with Crippen LogP contribution in [0.25, 0.3) is 0 Å². The number of sulfonamides is 1. The van der Waals surface area contributed by atoms with Gasteiger partial charge in [-0.3, -0.25) is 0 Å². The van der Waals surface area contributed by atoms with Crippen molar-refractivity contribution in [1.82, 2.24) is 9.62 Å². The highest BCUT2D eigenvalue weighted by atomic mass is 32.2. The Morgan fingerprint density at radius 1 is 1.07 bits per heavy atom. The number of nitrogens with one attached hydrogen (secondary N) is 2. The number of hydrogen-bond acceptors (Lipinski definition) is 3. The van der Waals surface area contributed by atoms with Crippen LogP contribution in [0.4, 0.5) is 10.5 Å². The molecule has 1 aliphatic carbocycles. The highest BCUT2D eigenvalue weighted by molar-refractivity contribution is 7.89. The Morgan fingerprint density at radius 3 is 2.46 bits per heavy atom. The lowest BCUT2D eigenvalue weighted by molar-refractivity contribution is 0.188. The lowest BCUT2D eigenvalue weighted by Gasteiger charge is -2.32. The molecular formula is C21H25N3O3S. The molecule has 0 unspecified atom stereocenters. The number of carbonyl (C=O) groups is 1. The van der Waals surface area contributed by atoms with Crippen LogP contribution >= 0.6 is 0 Å². The summed E-state index contributed by atoms with van der Waals surface area (Å²) >= 11 is 0. The van der Waals surface area contributed by atoms with Crippen molar-refractivity contribution in [2.75, 3.05) is 11.9 Å². The highest BCUT2D eigenvalue weighted by Gasteiger charge is 2.47. The zero-order valence-corrected chi connectivity index (χ0v) is 16.9. The average Bonchev–Trinajstić information content (AvgIpc) is 3.24. The van der Waals surface area contributed by atoms with E-state index in [4.69, 9.17) is 0 Å². The van der Waals surface area contributed by atoms with Gasteiger partial charge >= 0.3 is 6.03 Å². The lowest BCUT2D eigenvalue weighted by atomic mass is 10.0. The SMILES string of the molecule is Cc1ccc(NC(=O)N2C[C@@H]3C[C@H]2C[C@@H]3NS(=O)(=O)c2ccccc2)c(C)c1. The van der Waals surface area contributed by atoms with Crippen molar-refractivity contribution in [3.63, 3.8) is 0 Å². The Bertz CT molecular complexity index is 991. The number of likely N-dealkylation sites (tertiary alicyclic amines) is 1. The third-order valence-corrected chi connectivity index (χ3v) is 7.29. The van der Waals surface area contributed by atoms with Crippen molar-refractivity contribution >= 4 is 21.7 Å². The maximum Gasteiger partial charge on any atom is 0.322 e. The van der Waals surface area contributed by atoms with Crippen LogP contribution in [0.3, 0.4) is 0 Å². The van der Waals surface area contributed by atoms with Crippen molar-refractivity contribution in [3.05, 3.63) is 59.7 Å². The molecule has 1 saturated carbocycles. The number of aryl methyl sites for hydroxylation is 2. The number of benzene rings is 2. The van der Waals surface area contributed by atoms with E-state index in [2.05, 4.69) is 10.0 Å². The fraction of sp³-hybridized carbons (Fsp3) is 0.381. The molecule has 2 aromatic carbocycles. The maximum absolute atomic E-state index is 12.7. The highest BCUT2D eigenvalue weighted by Crippen LogP contribution is 2.38. The summed E-state index contributed by atoms with van der Waals surface area (Å²) in [6.07, 6.45) is 1.49. The van der Waals surface area contributed by atoms with Gasteiger partial charge < -0.3 is 10.2 Å². The van der Waals surface area contributed by atoms with E-state index in [1.54, 1.807) is 30.3 Å². The molecule has 0 aromatic heterocycles. The van der Waals surface area contributed by atoms with Crippen molar-refractivity contribution in [3.8, 4) is 0 Å². The number of hydrogen-bond donors (Lipinski definition) is 2. The second-order valence-electron chi connectivity index (χ2n) is 7.83. The second kappa shape index (κ2) is 7.22. The van der Waals surface area contributed by atoms with Gasteiger partial charge in [-0.15, -0.1) is 0 Å². The molecule has 2 N–H and O–H groups in total. The first-order chi connectivity index (χ1) is 13.3. The van der Waals surface area contributed by atoms with E-state index in [-0.39, 0.29) is 28.9 Å². The normalized spacial score (nSPS) is 23.8. The molecule has 2 bridgehead atoms. The first-order valence-electron chi connectivity index (χ1n) is 9.56. The Kier molecular flexibility index (Phi) is 4.89. The Balaban J connectivity index is 1.39. The van der Waals surface area contributed by atoms with Gasteiger partial charge in [0, 0.05) is 24.3 Å². The van der Waals surface area contributed by atoms with E-state index in [0.29, 0.717) is 13.0 Å². The van der Waals surface area contributed by atoms with E-state index in [0.717, 1.165) is 23.2 Å². The van der Waals surface area contributed by atoms with E-state index in [1.165, 1.54) is 0 Å². The lowest BCUT2D eigenvalue weighted by Crippen LogP contribution is -2.48. The molecule has 1 saturated heterocycles. The molecule has 0 spiro atoms. The van der Waals surface area contributed by atoms with Gasteiger partial charge in [-0.05, 0) is 56.4 Å². The fourth-order valence-electron chi connectivity index (χ4n) is 4.35. The van der Waals surface area contributed by atoms with Gasteiger partial charge in [0.25, 0.3) is 0 Å². The topological polar surface area (TPSA) is 78.5 Å². The Hall–Kier alpha value is -2.38. The van der Waals surface area contributed by atoms with Gasteiger partial charge in [-0.25, -0.2) is 17.9 Å². The minimum absolute atomic E-state index is 0.0687. The molecular weight excluding hydrogens is 374 g/mol. The summed E-state index contributed by atoms with van der Waals surface area (Å²) in [5, 5.41) is 3.00. The fourth-order valence-corrected chi connectivity index (χ4v) is 5.69. The van der Waals surface area contributed by atoms with Crippen molar-refractivity contribution < 1.29 is 13.2 Å². The molecule has 2 amide bonds. The molecule has 1 aliphatic heterocycles. The molecule has 2 aromatic rings. The monoisotopic (exact) mass is 399 g/mol. The van der Waals surface area contributed by atoms with Gasteiger partial charge in [-0.2, -0.15) is 0 Å². The van der Waals surface area contributed by atoms with Crippen LogP contribution in [-0.4, -0.2) is 38.0 Å². The number of carbonyl (C=O) groups excluding carboxylic acids is 1. The maximum atomic E-state index is 12.7. The van der Waals surface area contributed by atoms with Gasteiger partial charge in [-0.1, -0.05) is 35.9 Å². The van der Waals surface area contributed by atoms with E-state index < -0.39 is 10.0 Å². The van der Waals surface area contributed by atoms with Crippen LogP contribution in [0.1, 0.15) is 24.0 Å². The van der Waals surface area contributed by atoms with Crippen LogP contribution in [-0.2, 0) is 10.0 Å². The van der Waals surface area contributed by atoms with Gasteiger partial charge in [0.2, 0.25) is 10.0 Å². The van der Waals surface area contributed by atoms with Gasteiger partial charge in [0.15, 0.2) is 0 Å². The number of anilines is 1. The van der Waals surface area contributed by atoms with Crippen molar-refractivity contribution in [1.29, 1.82) is 0 Å². The number of piperidine rings is 1. The molecule has 148 valence electrons. The van der Waals surface area contributed by atoms with Crippen LogP contribution in [0.5, 0.6) is 0 Å². The average molecular weight is 400 g/mol. The standard InChI is InChI=1S/C21H25N3O3S/c1-14-8-9-19(15(2)10-14)22-21(25)24-13-16-11-17(24)12-20(16)23-28(26,27)18-6-4-3-5-7-18/h3-10,16-17,20,23H,11-13H2,1-2H3,(H,22,25)/t16-,17-,20-/m0/s1. The van der Waals surface area contributed by atoms with E-state index >= 15 is 0 Å². The molecule has 28 heavy (non-hydrogen) atoms. The summed E-state index contributed by atoms with van der Waals surface area (Å²) in [4.78, 5) is 14.9. The molecule has 6 nitrogen and oxygen atoms in total. The molecule has 4 rings (SSSR count). The van der Waals surface area contributed by atoms with E-state index in [9.17, 15) is 13.2 Å². The second-order valence-corrected chi connectivity index (χ2v) is 9.54. The van der Waals surface area contributed by atoms with Crippen LogP contribution in [0, 0.1) is 19.8 Å². The predicted molar refractivity (Wildman–Crippen MR) is 109 cm³/mol. The minimum Gasteiger partial charge on any atom is -0.321 e. The summed E-state index contributed by atoms with van der Waals surface area (Å²) < 4.78 is 28.0. The predicted octanol–water partition coefficient (Wildman–Crippen LogP) is 3.28. The van der Waals surface area contributed by atoms with Crippen LogP contribution in [0.2, 0.25) is 0 Å². The first-order valence-corrected chi connectivity index (χ1v) is 11.0. The molecule has 1 heterocycles. The number of nitrogens with zero attached hydrogens (tertiary/aromatic N) is 1. The Morgan fingerprint density at radius 2 is 1.82 bits per heavy atom. The molecule has 0 radical (unpaired) electrons. The molecule has 7 heteroatoms. The quantitative estimate of drug-likeness (QED) is 0.828. The summed E-state index contributed by atoms with van der Waals surface area (Å²) in [6, 6.07) is 14.2. The Labute approximate surface area is 166 Å². The summed E-state index contributed by atoms with van der Waals surface area (Å²) in [6.45, 7) is 4.57. The molecule has 2 fully saturated rings. The number of urea groups is 1. The van der Waals surface area contributed by atoms with E-state index in [1.807, 2.05) is 36.9 Å². The number of fused-ring (bicyclic) bond motifs is 2. The smallest absolute Gasteiger partial charge is 0.321 e. The minimum atomic E-state index is -3.53. The van der Waals surface area contributed by atoms with Gasteiger partial charge in [0.1, 0.15) is 0 Å². The van der Waals surface area contributed by atoms with Gasteiger partial charge in [0.05, 0.1) is 4.90 Å². The zero-order chi connectivity index (χ0) is 19.9. The number of rotatable bonds is 4. The summed E-state index contributed by atoms with van der Waals surface area (Å²) in [5.74, 6) is 0.147. The zero-order valence-electron chi connectivity index (χ0n) is 16.1. The molecule has 3 atom stereocenters. The van der Waals surface area contributed by atoms with Crippen LogP contribution in [0.15, 0.2) is 53.4 Å². The first kappa shape index (κ1) is 19.0. The third-order valence-electron chi connectivity index (χ3n) is 5.79. The summed E-state index contributed by atoms with van der Waals surface area (Å²) in [5.41, 5.74) is 3.01. The summed E-state index contributed by atoms with van der Waals surface area (Å²) in [7, 11) is -3.53. The largest absolute Gasteiger partial charge is 0.322 e. The van der Waals surface area contributed by atoms with Crippen LogP contribution < -0.4 is 10.0 Å².